The monoisotopic (exact) mass is 321 g/mol. The van der Waals surface area contributed by atoms with Crippen LogP contribution in [0.1, 0.15) is 29.3 Å². The Balaban J connectivity index is 2.30. The van der Waals surface area contributed by atoms with Crippen molar-refractivity contribution in [3.8, 4) is 0 Å². The van der Waals surface area contributed by atoms with Crippen LogP contribution in [-0.4, -0.2) is 23.1 Å². The molecule has 19 heavy (non-hydrogen) atoms. The fourth-order valence-corrected chi connectivity index (χ4v) is 2.82. The number of hydrogen-bond acceptors (Lipinski definition) is 2. The number of halogens is 1. The van der Waals surface area contributed by atoms with Gasteiger partial charge >= 0.3 is 0 Å². The van der Waals surface area contributed by atoms with Crippen LogP contribution in [-0.2, 0) is 11.2 Å². The summed E-state index contributed by atoms with van der Waals surface area (Å²) in [7, 11) is 0. The number of hydrogen-bond donors (Lipinski definition) is 0. The van der Waals surface area contributed by atoms with Crippen LogP contribution < -0.4 is 0 Å². The van der Waals surface area contributed by atoms with Crippen molar-refractivity contribution < 1.29 is 9.59 Å². The second-order valence-electron chi connectivity index (χ2n) is 4.57. The highest BCUT2D eigenvalue weighted by molar-refractivity contribution is 9.10. The molecule has 1 fully saturated rings. The van der Waals surface area contributed by atoms with Crippen molar-refractivity contribution in [3.05, 3.63) is 46.6 Å². The molecule has 0 spiro atoms. The molecule has 1 aliphatic rings. The zero-order valence-electron chi connectivity index (χ0n) is 10.9. The van der Waals surface area contributed by atoms with Crippen LogP contribution in [0.2, 0.25) is 0 Å². The highest BCUT2D eigenvalue weighted by atomic mass is 79.9. The van der Waals surface area contributed by atoms with E-state index in [-0.39, 0.29) is 11.7 Å². The standard InChI is InChI=1S/C15H16BrNO2/c1-3-10-9-11(16)5-6-12(10)14(18)13-7-8-17(4-2)15(13)19/h4-6,9,13H,2-3,7-8H2,1H3. The summed E-state index contributed by atoms with van der Waals surface area (Å²) in [5.74, 6) is -0.756. The Labute approximate surface area is 121 Å². The van der Waals surface area contributed by atoms with E-state index in [9.17, 15) is 9.59 Å². The van der Waals surface area contributed by atoms with Gasteiger partial charge in [0.05, 0.1) is 0 Å². The average Bonchev–Trinajstić information content (AvgIpc) is 2.78. The van der Waals surface area contributed by atoms with Gasteiger partial charge in [-0.1, -0.05) is 29.4 Å². The van der Waals surface area contributed by atoms with E-state index < -0.39 is 5.92 Å². The van der Waals surface area contributed by atoms with E-state index in [1.807, 2.05) is 19.1 Å². The van der Waals surface area contributed by atoms with Crippen LogP contribution in [0.15, 0.2) is 35.5 Å². The van der Waals surface area contributed by atoms with Crippen molar-refractivity contribution in [2.45, 2.75) is 19.8 Å². The molecule has 1 amide bonds. The molecule has 0 saturated carbocycles. The third-order valence-electron chi connectivity index (χ3n) is 3.49. The molecule has 1 heterocycles. The second kappa shape index (κ2) is 5.70. The molecule has 0 aliphatic carbocycles. The van der Waals surface area contributed by atoms with Gasteiger partial charge < -0.3 is 4.90 Å². The maximum atomic E-state index is 12.5. The Morgan fingerprint density at radius 3 is 2.89 bits per heavy atom. The van der Waals surface area contributed by atoms with Gasteiger partial charge in [0.2, 0.25) is 5.91 Å². The molecule has 1 atom stereocenters. The van der Waals surface area contributed by atoms with Crippen LogP contribution in [0.4, 0.5) is 0 Å². The van der Waals surface area contributed by atoms with Crippen molar-refractivity contribution in [3.63, 3.8) is 0 Å². The fraction of sp³-hybridized carbons (Fsp3) is 0.333. The Hall–Kier alpha value is -1.42. The summed E-state index contributed by atoms with van der Waals surface area (Å²) < 4.78 is 0.950. The van der Waals surface area contributed by atoms with E-state index in [1.54, 1.807) is 6.07 Å². The zero-order valence-corrected chi connectivity index (χ0v) is 12.4. The third-order valence-corrected chi connectivity index (χ3v) is 3.98. The maximum Gasteiger partial charge on any atom is 0.237 e. The maximum absolute atomic E-state index is 12.5. The molecule has 4 heteroatoms. The first-order chi connectivity index (χ1) is 9.08. The predicted molar refractivity (Wildman–Crippen MR) is 77.9 cm³/mol. The van der Waals surface area contributed by atoms with Gasteiger partial charge in [-0.25, -0.2) is 0 Å². The summed E-state index contributed by atoms with van der Waals surface area (Å²) >= 11 is 3.40. The number of carbonyl (C=O) groups is 2. The van der Waals surface area contributed by atoms with E-state index >= 15 is 0 Å². The molecule has 1 aromatic rings. The molecule has 0 bridgehead atoms. The Bertz CT molecular complexity index is 539. The first kappa shape index (κ1) is 14.0. The number of carbonyl (C=O) groups excluding carboxylic acids is 2. The van der Waals surface area contributed by atoms with Gasteiger partial charge in [0.1, 0.15) is 5.92 Å². The molecular weight excluding hydrogens is 306 g/mol. The lowest BCUT2D eigenvalue weighted by Crippen LogP contribution is -2.27. The summed E-state index contributed by atoms with van der Waals surface area (Å²) in [6.45, 7) is 6.18. The number of Topliss-reactive ketones (excluding diaryl/α,β-unsaturated/α-hetero) is 1. The lowest BCUT2D eigenvalue weighted by Gasteiger charge is -2.12. The minimum absolute atomic E-state index is 0.0706. The molecule has 0 radical (unpaired) electrons. The number of rotatable bonds is 4. The first-order valence-electron chi connectivity index (χ1n) is 6.34. The van der Waals surface area contributed by atoms with Gasteiger partial charge in [0.25, 0.3) is 0 Å². The molecule has 2 rings (SSSR count). The molecule has 1 aromatic carbocycles. The number of benzene rings is 1. The quantitative estimate of drug-likeness (QED) is 0.631. The smallest absolute Gasteiger partial charge is 0.237 e. The van der Waals surface area contributed by atoms with Crippen LogP contribution in [0.5, 0.6) is 0 Å². The molecule has 0 N–H and O–H groups in total. The Kier molecular flexibility index (Phi) is 4.20. The van der Waals surface area contributed by atoms with Gasteiger partial charge in [-0.3, -0.25) is 9.59 Å². The topological polar surface area (TPSA) is 37.4 Å². The van der Waals surface area contributed by atoms with Crippen LogP contribution in [0, 0.1) is 5.92 Å². The fourth-order valence-electron chi connectivity index (χ4n) is 2.41. The van der Waals surface area contributed by atoms with Gasteiger partial charge in [0, 0.05) is 16.6 Å². The van der Waals surface area contributed by atoms with Crippen LogP contribution in [0.25, 0.3) is 0 Å². The van der Waals surface area contributed by atoms with Crippen LogP contribution in [0.3, 0.4) is 0 Å². The summed E-state index contributed by atoms with van der Waals surface area (Å²) in [6, 6.07) is 5.59. The summed E-state index contributed by atoms with van der Waals surface area (Å²) in [6.07, 6.45) is 2.84. The lowest BCUT2D eigenvalue weighted by atomic mass is 9.92. The highest BCUT2D eigenvalue weighted by Crippen LogP contribution is 2.26. The summed E-state index contributed by atoms with van der Waals surface area (Å²) in [5, 5.41) is 0. The minimum Gasteiger partial charge on any atom is -0.319 e. The number of likely N-dealkylation sites (tertiary alicyclic amines) is 1. The van der Waals surface area contributed by atoms with E-state index in [4.69, 9.17) is 0 Å². The van der Waals surface area contributed by atoms with Crippen molar-refractivity contribution in [2.75, 3.05) is 6.54 Å². The third kappa shape index (κ3) is 2.63. The van der Waals surface area contributed by atoms with E-state index in [0.717, 1.165) is 16.5 Å². The number of nitrogens with zero attached hydrogens (tertiary/aromatic N) is 1. The normalized spacial score (nSPS) is 18.7. The van der Waals surface area contributed by atoms with E-state index in [0.29, 0.717) is 18.5 Å². The highest BCUT2D eigenvalue weighted by Gasteiger charge is 2.36. The summed E-state index contributed by atoms with van der Waals surface area (Å²) in [4.78, 5) is 26.1. The molecule has 1 aliphatic heterocycles. The van der Waals surface area contributed by atoms with E-state index in [2.05, 4.69) is 22.5 Å². The molecule has 1 unspecified atom stereocenters. The zero-order chi connectivity index (χ0) is 14.0. The minimum atomic E-state index is -0.551. The molecule has 3 nitrogen and oxygen atoms in total. The first-order valence-corrected chi connectivity index (χ1v) is 7.13. The predicted octanol–water partition coefficient (Wildman–Crippen LogP) is 3.19. The SMILES string of the molecule is C=CN1CCC(C(=O)c2ccc(Br)cc2CC)C1=O. The molecule has 1 saturated heterocycles. The Morgan fingerprint density at radius 1 is 1.58 bits per heavy atom. The second-order valence-corrected chi connectivity index (χ2v) is 5.49. The van der Waals surface area contributed by atoms with Crippen molar-refractivity contribution in [1.82, 2.24) is 4.90 Å². The molecule has 0 aromatic heterocycles. The summed E-state index contributed by atoms with van der Waals surface area (Å²) in [5.41, 5.74) is 1.64. The van der Waals surface area contributed by atoms with Crippen molar-refractivity contribution >= 4 is 27.6 Å². The number of ketones is 1. The van der Waals surface area contributed by atoms with Crippen molar-refractivity contribution in [1.29, 1.82) is 0 Å². The molecule has 100 valence electrons. The molecular formula is C15H16BrNO2. The lowest BCUT2D eigenvalue weighted by molar-refractivity contribution is -0.127. The van der Waals surface area contributed by atoms with Crippen LogP contribution >= 0.6 is 15.9 Å². The number of aryl methyl sites for hydroxylation is 1. The average molecular weight is 322 g/mol. The van der Waals surface area contributed by atoms with Gasteiger partial charge in [-0.05, 0) is 42.8 Å². The largest absolute Gasteiger partial charge is 0.319 e. The van der Waals surface area contributed by atoms with Gasteiger partial charge in [0.15, 0.2) is 5.78 Å². The van der Waals surface area contributed by atoms with Gasteiger partial charge in [-0.15, -0.1) is 0 Å². The Morgan fingerprint density at radius 2 is 2.32 bits per heavy atom. The van der Waals surface area contributed by atoms with Gasteiger partial charge in [-0.2, -0.15) is 0 Å². The van der Waals surface area contributed by atoms with Crippen molar-refractivity contribution in [2.24, 2.45) is 5.92 Å². The number of amides is 1. The van der Waals surface area contributed by atoms with E-state index in [1.165, 1.54) is 11.1 Å².